The SMILES string of the molecule is CC1CN(CCCNC2=NCc3ccccc32)CCN1c1ccccc1.CS. The molecule has 0 radical (unpaired) electrons. The third kappa shape index (κ3) is 5.09. The van der Waals surface area contributed by atoms with Gasteiger partial charge in [0.15, 0.2) is 0 Å². The maximum Gasteiger partial charge on any atom is 0.128 e. The van der Waals surface area contributed by atoms with Crippen molar-refractivity contribution in [3.63, 3.8) is 0 Å². The van der Waals surface area contributed by atoms with E-state index >= 15 is 0 Å². The molecule has 1 atom stereocenters. The molecule has 1 saturated heterocycles. The summed E-state index contributed by atoms with van der Waals surface area (Å²) in [5.41, 5.74) is 3.96. The monoisotopic (exact) mass is 396 g/mol. The van der Waals surface area contributed by atoms with E-state index in [1.54, 1.807) is 6.26 Å². The van der Waals surface area contributed by atoms with Crippen LogP contribution in [0.25, 0.3) is 0 Å². The topological polar surface area (TPSA) is 30.9 Å². The van der Waals surface area contributed by atoms with Crippen molar-refractivity contribution in [2.45, 2.75) is 25.9 Å². The Labute approximate surface area is 175 Å². The predicted octanol–water partition coefficient (Wildman–Crippen LogP) is 3.68. The smallest absolute Gasteiger partial charge is 0.128 e. The van der Waals surface area contributed by atoms with E-state index < -0.39 is 0 Å². The van der Waals surface area contributed by atoms with Crippen molar-refractivity contribution < 1.29 is 0 Å². The van der Waals surface area contributed by atoms with Crippen LogP contribution in [0.5, 0.6) is 0 Å². The first-order valence-corrected chi connectivity index (χ1v) is 11.1. The minimum absolute atomic E-state index is 0.560. The molecular formula is C23H32N4S. The molecule has 0 bridgehead atoms. The molecule has 28 heavy (non-hydrogen) atoms. The number of rotatable bonds is 5. The van der Waals surface area contributed by atoms with Crippen LogP contribution in [0.3, 0.4) is 0 Å². The Balaban J connectivity index is 0.00000109. The van der Waals surface area contributed by atoms with Gasteiger partial charge in [-0.05, 0) is 43.8 Å². The number of nitrogens with zero attached hydrogens (tertiary/aromatic N) is 3. The number of fused-ring (bicyclic) bond motifs is 1. The molecule has 150 valence electrons. The molecule has 1 unspecified atom stereocenters. The van der Waals surface area contributed by atoms with Gasteiger partial charge in [-0.1, -0.05) is 42.5 Å². The van der Waals surface area contributed by atoms with Crippen LogP contribution in [0, 0.1) is 0 Å². The molecule has 2 aromatic rings. The van der Waals surface area contributed by atoms with Crippen LogP contribution in [0.1, 0.15) is 24.5 Å². The first-order chi connectivity index (χ1) is 13.8. The van der Waals surface area contributed by atoms with Gasteiger partial charge in [-0.2, -0.15) is 12.6 Å². The van der Waals surface area contributed by atoms with Gasteiger partial charge in [-0.3, -0.25) is 9.89 Å². The average molecular weight is 397 g/mol. The Kier molecular flexibility index (Phi) is 7.80. The lowest BCUT2D eigenvalue weighted by atomic mass is 10.1. The van der Waals surface area contributed by atoms with Gasteiger partial charge in [-0.25, -0.2) is 0 Å². The molecule has 0 spiro atoms. The number of nitrogens with one attached hydrogen (secondary N) is 1. The Morgan fingerprint density at radius 2 is 1.79 bits per heavy atom. The van der Waals surface area contributed by atoms with E-state index in [0.717, 1.165) is 51.5 Å². The molecule has 2 aliphatic rings. The third-order valence-electron chi connectivity index (χ3n) is 5.42. The van der Waals surface area contributed by atoms with Crippen molar-refractivity contribution in [3.8, 4) is 0 Å². The van der Waals surface area contributed by atoms with Crippen LogP contribution >= 0.6 is 12.6 Å². The van der Waals surface area contributed by atoms with Crippen LogP contribution in [0.15, 0.2) is 59.6 Å². The molecule has 0 amide bonds. The van der Waals surface area contributed by atoms with Gasteiger partial charge in [0, 0.05) is 43.5 Å². The Hall–Kier alpha value is -1.98. The van der Waals surface area contributed by atoms with Crippen molar-refractivity contribution in [3.05, 3.63) is 65.7 Å². The van der Waals surface area contributed by atoms with E-state index in [4.69, 9.17) is 0 Å². The zero-order valence-corrected chi connectivity index (χ0v) is 17.9. The molecule has 5 heteroatoms. The fraction of sp³-hybridized carbons (Fsp3) is 0.435. The lowest BCUT2D eigenvalue weighted by Gasteiger charge is -2.41. The van der Waals surface area contributed by atoms with E-state index in [1.807, 2.05) is 0 Å². The molecule has 2 aromatic carbocycles. The summed E-state index contributed by atoms with van der Waals surface area (Å²) in [5.74, 6) is 1.07. The summed E-state index contributed by atoms with van der Waals surface area (Å²) in [7, 11) is 0. The number of hydrogen-bond acceptors (Lipinski definition) is 5. The van der Waals surface area contributed by atoms with Gasteiger partial charge in [0.05, 0.1) is 6.54 Å². The largest absolute Gasteiger partial charge is 0.370 e. The zero-order valence-electron chi connectivity index (χ0n) is 17.0. The average Bonchev–Trinajstić information content (AvgIpc) is 3.17. The zero-order chi connectivity index (χ0) is 19.8. The summed E-state index contributed by atoms with van der Waals surface area (Å²) in [4.78, 5) is 9.75. The van der Waals surface area contributed by atoms with Crippen LogP contribution in [0.2, 0.25) is 0 Å². The number of para-hydroxylation sites is 1. The van der Waals surface area contributed by atoms with Crippen LogP contribution < -0.4 is 10.2 Å². The number of anilines is 1. The highest BCUT2D eigenvalue weighted by molar-refractivity contribution is 7.79. The summed E-state index contributed by atoms with van der Waals surface area (Å²) in [5, 5.41) is 3.54. The number of piperazine rings is 1. The minimum Gasteiger partial charge on any atom is -0.370 e. The van der Waals surface area contributed by atoms with Crippen molar-refractivity contribution in [1.29, 1.82) is 0 Å². The fourth-order valence-corrected chi connectivity index (χ4v) is 4.04. The summed E-state index contributed by atoms with van der Waals surface area (Å²) < 4.78 is 0. The maximum absolute atomic E-state index is 4.63. The Morgan fingerprint density at radius 3 is 2.57 bits per heavy atom. The normalized spacial score (nSPS) is 18.8. The lowest BCUT2D eigenvalue weighted by Crippen LogP contribution is -2.52. The Morgan fingerprint density at radius 1 is 1.04 bits per heavy atom. The first kappa shape index (κ1) is 20.7. The highest BCUT2D eigenvalue weighted by atomic mass is 32.1. The van der Waals surface area contributed by atoms with Gasteiger partial charge in [0.25, 0.3) is 0 Å². The van der Waals surface area contributed by atoms with Crippen molar-refractivity contribution in [2.75, 3.05) is 43.9 Å². The van der Waals surface area contributed by atoms with E-state index in [0.29, 0.717) is 6.04 Å². The maximum atomic E-state index is 4.63. The summed E-state index contributed by atoms with van der Waals surface area (Å²) in [6.45, 7) is 8.68. The van der Waals surface area contributed by atoms with Gasteiger partial charge in [0.1, 0.15) is 5.84 Å². The van der Waals surface area contributed by atoms with E-state index in [1.165, 1.54) is 16.8 Å². The predicted molar refractivity (Wildman–Crippen MR) is 124 cm³/mol. The standard InChI is InChI=1S/C22H28N4.CH4S/c1-18-17-25(14-15-26(18)20-9-3-2-4-10-20)13-7-12-23-22-21-11-6-5-8-19(21)16-24-22;1-2/h2-6,8-11,18H,7,12-17H2,1H3,(H,23,24);2H,1H3. The molecule has 2 aliphatic heterocycles. The van der Waals surface area contributed by atoms with Crippen LogP contribution in [-0.2, 0) is 6.54 Å². The summed E-state index contributed by atoms with van der Waals surface area (Å²) in [6, 6.07) is 19.9. The minimum atomic E-state index is 0.560. The van der Waals surface area contributed by atoms with Crippen LogP contribution in [0.4, 0.5) is 5.69 Å². The summed E-state index contributed by atoms with van der Waals surface area (Å²) in [6.07, 6.45) is 2.85. The second-order valence-corrected chi connectivity index (χ2v) is 7.28. The lowest BCUT2D eigenvalue weighted by molar-refractivity contribution is 0.227. The van der Waals surface area contributed by atoms with Crippen molar-refractivity contribution >= 4 is 24.2 Å². The molecule has 4 nitrogen and oxygen atoms in total. The van der Waals surface area contributed by atoms with Gasteiger partial charge < -0.3 is 10.2 Å². The highest BCUT2D eigenvalue weighted by Gasteiger charge is 2.23. The molecular weight excluding hydrogens is 364 g/mol. The van der Waals surface area contributed by atoms with Gasteiger partial charge >= 0.3 is 0 Å². The molecule has 0 aromatic heterocycles. The van der Waals surface area contributed by atoms with Gasteiger partial charge in [0.2, 0.25) is 0 Å². The van der Waals surface area contributed by atoms with E-state index in [9.17, 15) is 0 Å². The second kappa shape index (κ2) is 10.5. The van der Waals surface area contributed by atoms with E-state index in [2.05, 4.69) is 94.3 Å². The fourth-order valence-electron chi connectivity index (χ4n) is 4.04. The number of aliphatic imine (C=N–C) groups is 1. The van der Waals surface area contributed by atoms with Crippen LogP contribution in [-0.4, -0.2) is 55.8 Å². The summed E-state index contributed by atoms with van der Waals surface area (Å²) >= 11 is 3.53. The van der Waals surface area contributed by atoms with E-state index in [-0.39, 0.29) is 0 Å². The number of hydrogen-bond donors (Lipinski definition) is 2. The third-order valence-corrected chi connectivity index (χ3v) is 5.42. The number of benzene rings is 2. The first-order valence-electron chi connectivity index (χ1n) is 10.2. The van der Waals surface area contributed by atoms with Gasteiger partial charge in [-0.15, -0.1) is 0 Å². The molecule has 4 rings (SSSR count). The molecule has 0 aliphatic carbocycles. The quantitative estimate of drug-likeness (QED) is 0.597. The molecule has 0 saturated carbocycles. The molecule has 2 heterocycles. The Bertz CT molecular complexity index is 762. The molecule has 1 fully saturated rings. The second-order valence-electron chi connectivity index (χ2n) is 7.28. The van der Waals surface area contributed by atoms with Crippen molar-refractivity contribution in [2.24, 2.45) is 4.99 Å². The molecule has 1 N–H and O–H groups in total. The number of thiol groups is 1. The highest BCUT2D eigenvalue weighted by Crippen LogP contribution is 2.20. The number of amidine groups is 1. The van der Waals surface area contributed by atoms with Crippen molar-refractivity contribution in [1.82, 2.24) is 10.2 Å².